The van der Waals surface area contributed by atoms with Crippen molar-refractivity contribution in [1.82, 2.24) is 39.6 Å². The summed E-state index contributed by atoms with van der Waals surface area (Å²) in [6.07, 6.45) is 6.20. The number of nitrogens with zero attached hydrogens (tertiary/aromatic N) is 9. The highest BCUT2D eigenvalue weighted by atomic mass is 35.5. The molecule has 10 amide bonds. The maximum absolute atomic E-state index is 13.7. The van der Waals surface area contributed by atoms with E-state index in [4.69, 9.17) is 61.4 Å². The fraction of sp³-hybridized carbons (Fsp3) is 0.417. The van der Waals surface area contributed by atoms with Gasteiger partial charge in [0, 0.05) is 142 Å². The summed E-state index contributed by atoms with van der Waals surface area (Å²) in [4.78, 5) is 165. The third-order valence-corrected chi connectivity index (χ3v) is 25.2. The zero-order valence-electron chi connectivity index (χ0n) is 79.8. The summed E-state index contributed by atoms with van der Waals surface area (Å²) in [7, 11) is 4.44. The Balaban J connectivity index is 0.000000214. The van der Waals surface area contributed by atoms with Crippen molar-refractivity contribution >= 4 is 141 Å². The van der Waals surface area contributed by atoms with Gasteiger partial charge in [0.25, 0.3) is 0 Å². The number of carboxylic acid groups (broad SMARTS) is 2. The lowest BCUT2D eigenvalue weighted by atomic mass is 9.85. The molecule has 8 aromatic carbocycles. The zero-order valence-corrected chi connectivity index (χ0v) is 82.8. The van der Waals surface area contributed by atoms with E-state index in [1.807, 2.05) is 196 Å². The van der Waals surface area contributed by atoms with Crippen LogP contribution in [0.1, 0.15) is 172 Å². The molecule has 8 aromatic rings. The van der Waals surface area contributed by atoms with Gasteiger partial charge in [0.1, 0.15) is 16.6 Å². The van der Waals surface area contributed by atoms with Crippen LogP contribution >= 0.6 is 46.4 Å². The fourth-order valence-electron chi connectivity index (χ4n) is 16.5. The Kier molecular flexibility index (Phi) is 40.4. The number of ether oxygens (including phenoxy) is 2. The normalized spacial score (nSPS) is 16.9. The molecule has 4 saturated heterocycles. The Morgan fingerprint density at radius 3 is 0.941 bits per heavy atom. The molecule has 4 unspecified atom stereocenters. The lowest BCUT2D eigenvalue weighted by Crippen LogP contribution is -2.69. The van der Waals surface area contributed by atoms with Gasteiger partial charge in [0.2, 0.25) is 29.7 Å². The quantitative estimate of drug-likeness (QED) is 0.0149. The smallest absolute Gasteiger partial charge is 0.325 e. The van der Waals surface area contributed by atoms with Crippen molar-refractivity contribution in [1.29, 1.82) is 0 Å². The van der Waals surface area contributed by atoms with E-state index in [9.17, 15) is 57.5 Å². The van der Waals surface area contributed by atoms with Crippen LogP contribution in [0.3, 0.4) is 0 Å². The average molecular weight is 1930 g/mol. The van der Waals surface area contributed by atoms with Gasteiger partial charge in [-0.1, -0.05) is 119 Å². The van der Waals surface area contributed by atoms with Gasteiger partial charge in [-0.3, -0.25) is 43.3 Å². The molecule has 4 atom stereocenters. The molecule has 0 bridgehead atoms. The summed E-state index contributed by atoms with van der Waals surface area (Å²) in [6.45, 7) is 28.4. The second-order valence-corrected chi connectivity index (χ2v) is 37.4. The minimum Gasteiger partial charge on any atom is -0.481 e. The number of methoxy groups -OCH3 is 2. The number of likely N-dealkylation sites (tertiary alicyclic amines) is 3. The standard InChI is InChI=1S/2C26H32ClN3O4.C25H30ClN3O4.C17H23ClN2O3.C9H9NO/c1-18-14-19(2)16-22(15-18)28-25(33)30-13-11-26(30,3)24(32)29(12-5-6-23(31)34-4)17-20-7-9-21(27)10-8-20;1-18-14-19(2)16-22(15-18)28(4)25(34)30-13-11-26(30,3)24(33)29(12-5-6-23(31)32)17-20-7-9-21(27)10-8-20;1-17-13-18(2)15-21(14-17)27-24(33)29-12-10-25(29,3)23(32)28(11-4-5-22(30)31)16-19-6-8-20(26)9-7-19;1-17(9-10-19-17)16(22)20(11-3-4-15(21)23-2)12-13-5-7-14(18)8-6-13;1-7-3-8(2)5-9(4-7)10-6-11/h7-10,14-16H,5-6,11-13,17H2,1-4H3,(H,28,33);7-10,14-16H,5-6,11-13,17H2,1-4H3,(H,31,32);6-9,13-15H,4-5,10-12,16H2,1-3H3,(H,27,33)(H,30,31);5-8,19H,3-4,9-12H2,1-2H3;3-5H,1-2H3. The lowest BCUT2D eigenvalue weighted by Gasteiger charge is -2.51. The number of amides is 10. The van der Waals surface area contributed by atoms with Crippen LogP contribution in [0.2, 0.25) is 20.1 Å². The fourth-order valence-corrected chi connectivity index (χ4v) is 17.0. The van der Waals surface area contributed by atoms with Crippen molar-refractivity contribution < 1.29 is 77.2 Å². The van der Waals surface area contributed by atoms with E-state index < -0.39 is 34.1 Å². The van der Waals surface area contributed by atoms with E-state index in [-0.39, 0.29) is 86.0 Å². The Morgan fingerprint density at radius 2 is 0.681 bits per heavy atom. The number of anilines is 3. The first-order valence-electron chi connectivity index (χ1n) is 45.0. The summed E-state index contributed by atoms with van der Waals surface area (Å²) in [5, 5.41) is 29.6. The van der Waals surface area contributed by atoms with E-state index in [1.165, 1.54) is 20.3 Å². The summed E-state index contributed by atoms with van der Waals surface area (Å²) in [5.41, 5.74) is 11.7. The molecule has 0 aromatic heterocycles. The first-order valence-corrected chi connectivity index (χ1v) is 46.5. The van der Waals surface area contributed by atoms with E-state index in [1.54, 1.807) is 103 Å². The number of aliphatic imine (C=N–C) groups is 1. The first kappa shape index (κ1) is 108. The van der Waals surface area contributed by atoms with Crippen LogP contribution in [-0.2, 0) is 78.8 Å². The van der Waals surface area contributed by atoms with Crippen molar-refractivity contribution in [3.63, 3.8) is 0 Å². The Labute approximate surface area is 811 Å². The molecule has 4 aliphatic rings. The van der Waals surface area contributed by atoms with E-state index in [0.29, 0.717) is 147 Å². The molecular weight excluding hydrogens is 1800 g/mol. The van der Waals surface area contributed by atoms with Crippen molar-refractivity contribution in [3.8, 4) is 0 Å². The van der Waals surface area contributed by atoms with Gasteiger partial charge >= 0.3 is 42.0 Å². The highest BCUT2D eigenvalue weighted by Crippen LogP contribution is 2.39. The number of urea groups is 3. The average Bonchev–Trinajstić information content (AvgIpc) is 0.756. The largest absolute Gasteiger partial charge is 0.481 e. The monoisotopic (exact) mass is 1930 g/mol. The molecule has 4 heterocycles. The number of hydrogen-bond acceptors (Lipinski definition) is 16. The predicted molar refractivity (Wildman–Crippen MR) is 527 cm³/mol. The molecule has 722 valence electrons. The maximum Gasteiger partial charge on any atom is 0.325 e. The van der Waals surface area contributed by atoms with Gasteiger partial charge in [-0.25, -0.2) is 19.2 Å². The number of isocyanates is 1. The number of rotatable bonds is 32. The number of carboxylic acids is 2. The van der Waals surface area contributed by atoms with Crippen LogP contribution in [0.15, 0.2) is 175 Å². The van der Waals surface area contributed by atoms with Crippen LogP contribution in [0.4, 0.5) is 37.1 Å². The van der Waals surface area contributed by atoms with E-state index >= 15 is 0 Å². The van der Waals surface area contributed by atoms with Crippen molar-refractivity contribution in [2.24, 2.45) is 4.99 Å². The predicted octanol–water partition coefficient (Wildman–Crippen LogP) is 19.3. The van der Waals surface area contributed by atoms with Crippen molar-refractivity contribution in [2.45, 2.75) is 208 Å². The minimum atomic E-state index is -0.987. The molecule has 5 N–H and O–H groups in total. The topological polar surface area (TPSA) is 338 Å². The van der Waals surface area contributed by atoms with Crippen LogP contribution in [-0.4, -0.2) is 212 Å². The molecule has 135 heavy (non-hydrogen) atoms. The molecule has 4 fully saturated rings. The van der Waals surface area contributed by atoms with Gasteiger partial charge < -0.3 is 69.9 Å². The second kappa shape index (κ2) is 50.4. The molecule has 0 radical (unpaired) electrons. The molecule has 0 saturated carbocycles. The zero-order chi connectivity index (χ0) is 99.2. The van der Waals surface area contributed by atoms with Crippen LogP contribution in [0, 0.1) is 55.4 Å². The number of aryl methyl sites for hydroxylation is 8. The highest BCUT2D eigenvalue weighted by Gasteiger charge is 2.54. The number of carbonyl (C=O) groups excluding carboxylic acids is 10. The SMILES string of the molecule is COC(=O)CCCN(Cc1ccc(Cl)cc1)C(=O)C1(C)CCN1.COC(=O)CCCN(Cc1ccc(Cl)cc1)C(=O)C1(C)CCN1C(=O)Nc1cc(C)cc(C)c1.Cc1cc(C)cc(N(C)C(=O)N2CCC2(C)C(=O)N(CCCC(=O)O)Cc2ccc(Cl)cc2)c1.Cc1cc(C)cc(N=C=O)c1.Cc1cc(C)cc(NC(=O)N2CCC2(C)C(=O)N(CCCC(=O)O)Cc2ccc(Cl)cc2)c1. The van der Waals surface area contributed by atoms with Gasteiger partial charge in [-0.05, 0) is 305 Å². The van der Waals surface area contributed by atoms with Gasteiger partial charge in [-0.2, -0.15) is 4.99 Å². The number of esters is 2. The number of halogens is 4. The first-order chi connectivity index (χ1) is 63.9. The molecule has 0 aliphatic carbocycles. The summed E-state index contributed by atoms with van der Waals surface area (Å²) in [6, 6.07) is 51.6. The number of aliphatic carboxylic acids is 2. The van der Waals surface area contributed by atoms with Crippen LogP contribution in [0.5, 0.6) is 0 Å². The number of carbonyl (C=O) groups is 11. The highest BCUT2D eigenvalue weighted by molar-refractivity contribution is 6.31. The third kappa shape index (κ3) is 31.7. The number of hydrogen-bond donors (Lipinski definition) is 5. The van der Waals surface area contributed by atoms with E-state index in [0.717, 1.165) is 85.4 Å². The van der Waals surface area contributed by atoms with Gasteiger partial charge in [0.05, 0.1) is 25.4 Å². The lowest BCUT2D eigenvalue weighted by molar-refractivity contribution is -0.150. The molecule has 12 rings (SSSR count). The Bertz CT molecular complexity index is 5420. The molecular formula is C103H126Cl4N12O16. The molecule has 4 aliphatic heterocycles. The van der Waals surface area contributed by atoms with E-state index in [2.05, 4.69) is 25.7 Å². The summed E-state index contributed by atoms with van der Waals surface area (Å²) >= 11 is 23.9. The van der Waals surface area contributed by atoms with Gasteiger partial charge in [0.15, 0.2) is 0 Å². The van der Waals surface area contributed by atoms with Crippen LogP contribution in [0.25, 0.3) is 0 Å². The van der Waals surface area contributed by atoms with Crippen molar-refractivity contribution in [3.05, 3.63) is 257 Å². The summed E-state index contributed by atoms with van der Waals surface area (Å²) in [5.74, 6) is -2.82. The second-order valence-electron chi connectivity index (χ2n) is 35.7. The Hall–Kier alpha value is -12.2. The van der Waals surface area contributed by atoms with Gasteiger partial charge in [-0.15, -0.1) is 0 Å². The number of nitrogens with one attached hydrogen (secondary N) is 3. The van der Waals surface area contributed by atoms with Crippen LogP contribution < -0.4 is 20.9 Å². The Morgan fingerprint density at radius 1 is 0.407 bits per heavy atom. The number of benzene rings is 8. The molecule has 32 heteroatoms. The molecule has 28 nitrogen and oxygen atoms in total. The minimum absolute atomic E-state index is 0.0286. The third-order valence-electron chi connectivity index (χ3n) is 24.2. The summed E-state index contributed by atoms with van der Waals surface area (Å²) < 4.78 is 9.38. The van der Waals surface area contributed by atoms with Crippen molar-refractivity contribution in [2.75, 3.05) is 89.2 Å². The molecule has 0 spiro atoms. The maximum atomic E-state index is 13.7.